The quantitative estimate of drug-likeness (QED) is 0.0774. The van der Waals surface area contributed by atoms with Crippen LogP contribution in [0.4, 0.5) is 0 Å². The highest BCUT2D eigenvalue weighted by Crippen LogP contribution is 2.47. The lowest BCUT2D eigenvalue weighted by Crippen LogP contribution is -2.50. The van der Waals surface area contributed by atoms with Crippen LogP contribution in [0.1, 0.15) is 58.8 Å². The maximum Gasteiger partial charge on any atom is 0.201 e. The van der Waals surface area contributed by atoms with Crippen molar-refractivity contribution in [3.05, 3.63) is 42.0 Å². The molecule has 204 valence electrons. The van der Waals surface area contributed by atoms with Gasteiger partial charge in [0.2, 0.25) is 8.32 Å². The van der Waals surface area contributed by atoms with E-state index in [1.165, 1.54) is 0 Å². The Morgan fingerprint density at radius 2 is 1.56 bits per heavy atom. The van der Waals surface area contributed by atoms with Crippen LogP contribution in [0.15, 0.2) is 30.9 Å². The van der Waals surface area contributed by atoms with Gasteiger partial charge in [-0.2, -0.15) is 0 Å². The number of hydrogen-bond acceptors (Lipinski definition) is 5. The van der Waals surface area contributed by atoms with E-state index in [0.29, 0.717) is 29.8 Å². The minimum Gasteiger partial charge on any atom is -0.495 e. The van der Waals surface area contributed by atoms with Crippen molar-refractivity contribution < 1.29 is 23.4 Å². The van der Waals surface area contributed by atoms with Crippen molar-refractivity contribution in [3.63, 3.8) is 0 Å². The molecule has 0 unspecified atom stereocenters. The zero-order chi connectivity index (χ0) is 27.5. The standard InChI is InChI=1S/C29H50O5Si2/c1-13-27(33-21-32-19-18-30-8)29(34-36(22(2)3,23(4)5)24(6)7)26-15-14-16-28(31-9)25(26)17-20-35(10,11)12/h13-16,22-24,27,29H,1,18-19,21H2,2-12H3/t27-,29-/m1/s1. The number of ether oxygens (including phenoxy) is 4. The van der Waals surface area contributed by atoms with E-state index in [9.17, 15) is 0 Å². The average molecular weight is 535 g/mol. The molecule has 1 rings (SSSR count). The Balaban J connectivity index is 3.73. The van der Waals surface area contributed by atoms with Gasteiger partial charge in [-0.25, -0.2) is 0 Å². The molecule has 0 aliphatic carbocycles. The first-order valence-corrected chi connectivity index (χ1v) is 18.7. The second-order valence-electron chi connectivity index (χ2n) is 11.2. The molecule has 0 saturated carbocycles. The first-order chi connectivity index (χ1) is 16.8. The van der Waals surface area contributed by atoms with Crippen molar-refractivity contribution >= 4 is 16.4 Å². The fourth-order valence-corrected chi connectivity index (χ4v) is 10.9. The number of methoxy groups -OCH3 is 2. The molecular weight excluding hydrogens is 484 g/mol. The lowest BCUT2D eigenvalue weighted by molar-refractivity contribution is -0.112. The third-order valence-electron chi connectivity index (χ3n) is 6.49. The van der Waals surface area contributed by atoms with E-state index >= 15 is 0 Å². The highest BCUT2D eigenvalue weighted by molar-refractivity contribution is 6.83. The van der Waals surface area contributed by atoms with Crippen molar-refractivity contribution in [1.82, 2.24) is 0 Å². The van der Waals surface area contributed by atoms with E-state index < -0.39 is 28.6 Å². The van der Waals surface area contributed by atoms with Gasteiger partial charge in [-0.3, -0.25) is 0 Å². The Bertz CT molecular complexity index is 843. The molecule has 36 heavy (non-hydrogen) atoms. The maximum absolute atomic E-state index is 7.36. The Hall–Kier alpha value is -1.41. The first kappa shape index (κ1) is 32.6. The Morgan fingerprint density at radius 1 is 0.944 bits per heavy atom. The van der Waals surface area contributed by atoms with Crippen LogP contribution in [0.25, 0.3) is 0 Å². The summed E-state index contributed by atoms with van der Waals surface area (Å²) in [5, 5.41) is 0. The fraction of sp³-hybridized carbons (Fsp3) is 0.655. The molecular formula is C29H50O5Si2. The molecule has 0 amide bonds. The molecule has 2 atom stereocenters. The van der Waals surface area contributed by atoms with Crippen LogP contribution in [0, 0.1) is 11.5 Å². The monoisotopic (exact) mass is 534 g/mol. The van der Waals surface area contributed by atoms with Gasteiger partial charge in [0.25, 0.3) is 0 Å². The van der Waals surface area contributed by atoms with Crippen molar-refractivity contribution in [3.8, 4) is 17.2 Å². The summed E-state index contributed by atoms with van der Waals surface area (Å²) in [6.45, 7) is 25.7. The van der Waals surface area contributed by atoms with E-state index in [2.05, 4.69) is 85.3 Å². The predicted molar refractivity (Wildman–Crippen MR) is 156 cm³/mol. The van der Waals surface area contributed by atoms with E-state index in [1.54, 1.807) is 14.2 Å². The van der Waals surface area contributed by atoms with Gasteiger partial charge in [-0.1, -0.05) is 85.3 Å². The molecule has 0 heterocycles. The van der Waals surface area contributed by atoms with Gasteiger partial charge >= 0.3 is 0 Å². The highest BCUT2D eigenvalue weighted by atomic mass is 28.4. The molecule has 0 aliphatic rings. The maximum atomic E-state index is 7.36. The second kappa shape index (κ2) is 15.1. The van der Waals surface area contributed by atoms with E-state index in [-0.39, 0.29) is 6.79 Å². The summed E-state index contributed by atoms with van der Waals surface area (Å²) >= 11 is 0. The van der Waals surface area contributed by atoms with Crippen LogP contribution in [-0.2, 0) is 18.6 Å². The number of rotatable bonds is 15. The highest BCUT2D eigenvalue weighted by Gasteiger charge is 2.48. The molecule has 0 bridgehead atoms. The van der Waals surface area contributed by atoms with Gasteiger partial charge in [0.05, 0.1) is 25.9 Å². The van der Waals surface area contributed by atoms with Crippen molar-refractivity contribution in [2.75, 3.05) is 34.2 Å². The van der Waals surface area contributed by atoms with Crippen LogP contribution < -0.4 is 4.74 Å². The largest absolute Gasteiger partial charge is 0.495 e. The minimum atomic E-state index is -2.29. The van der Waals surface area contributed by atoms with Crippen molar-refractivity contribution in [2.45, 2.75) is 90.0 Å². The normalized spacial score (nSPS) is 14.1. The number of hydrogen-bond donors (Lipinski definition) is 0. The van der Waals surface area contributed by atoms with Gasteiger partial charge in [-0.05, 0) is 22.7 Å². The predicted octanol–water partition coefficient (Wildman–Crippen LogP) is 7.35. The lowest BCUT2D eigenvalue weighted by Gasteiger charge is -2.46. The van der Waals surface area contributed by atoms with E-state index in [1.807, 2.05) is 18.2 Å². The molecule has 0 radical (unpaired) electrons. The third kappa shape index (κ3) is 8.86. The SMILES string of the molecule is C=C[C@@H](OCOCCOC)[C@H](O[Si](C(C)C)(C(C)C)C(C)C)c1cccc(OC)c1C#C[Si](C)(C)C. The first-order valence-electron chi connectivity index (χ1n) is 13.0. The Labute approximate surface area is 223 Å². The van der Waals surface area contributed by atoms with Gasteiger partial charge < -0.3 is 23.4 Å². The zero-order valence-corrected chi connectivity index (χ0v) is 26.6. The molecule has 0 spiro atoms. The number of benzene rings is 1. The molecule has 0 fully saturated rings. The molecule has 0 saturated heterocycles. The van der Waals surface area contributed by atoms with Crippen LogP contribution in [-0.4, -0.2) is 56.7 Å². The van der Waals surface area contributed by atoms with Crippen LogP contribution in [0.3, 0.4) is 0 Å². The molecule has 5 nitrogen and oxygen atoms in total. The van der Waals surface area contributed by atoms with Crippen LogP contribution in [0.2, 0.25) is 36.3 Å². The topological polar surface area (TPSA) is 46.2 Å². The van der Waals surface area contributed by atoms with E-state index in [0.717, 1.165) is 16.9 Å². The lowest BCUT2D eigenvalue weighted by atomic mass is 9.98. The smallest absolute Gasteiger partial charge is 0.201 e. The Kier molecular flexibility index (Phi) is 13.7. The zero-order valence-electron chi connectivity index (χ0n) is 24.6. The summed E-state index contributed by atoms with van der Waals surface area (Å²) < 4.78 is 30.1. The summed E-state index contributed by atoms with van der Waals surface area (Å²) in [5.41, 5.74) is 6.58. The van der Waals surface area contributed by atoms with Crippen LogP contribution >= 0.6 is 0 Å². The van der Waals surface area contributed by atoms with Gasteiger partial charge in [0.15, 0.2) is 0 Å². The van der Waals surface area contributed by atoms with Crippen molar-refractivity contribution in [1.29, 1.82) is 0 Å². The second-order valence-corrected chi connectivity index (χ2v) is 21.3. The molecule has 7 heteroatoms. The fourth-order valence-electron chi connectivity index (χ4n) is 4.88. The minimum absolute atomic E-state index is 0.124. The average Bonchev–Trinajstić information content (AvgIpc) is 2.80. The van der Waals surface area contributed by atoms with Gasteiger partial charge in [-0.15, -0.1) is 12.1 Å². The van der Waals surface area contributed by atoms with Crippen LogP contribution in [0.5, 0.6) is 5.75 Å². The summed E-state index contributed by atoms with van der Waals surface area (Å²) in [4.78, 5) is 0. The van der Waals surface area contributed by atoms with Gasteiger partial charge in [0, 0.05) is 12.7 Å². The van der Waals surface area contributed by atoms with E-state index in [4.69, 9.17) is 23.4 Å². The third-order valence-corrected chi connectivity index (χ3v) is 13.4. The molecule has 0 aliphatic heterocycles. The Morgan fingerprint density at radius 3 is 2.03 bits per heavy atom. The van der Waals surface area contributed by atoms with Crippen molar-refractivity contribution in [2.24, 2.45) is 0 Å². The molecule has 0 aromatic heterocycles. The summed E-state index contributed by atoms with van der Waals surface area (Å²) in [5.74, 6) is 4.22. The molecule has 1 aromatic rings. The summed E-state index contributed by atoms with van der Waals surface area (Å²) in [6.07, 6.45) is 1.00. The molecule has 1 aromatic carbocycles. The summed E-state index contributed by atoms with van der Waals surface area (Å²) in [6, 6.07) is 6.06. The summed E-state index contributed by atoms with van der Waals surface area (Å²) in [7, 11) is -0.584. The van der Waals surface area contributed by atoms with Gasteiger partial charge in [0.1, 0.15) is 32.8 Å². The molecule has 0 N–H and O–H groups in total.